The van der Waals surface area contributed by atoms with Gasteiger partial charge in [-0.3, -0.25) is 10.1 Å². The van der Waals surface area contributed by atoms with Crippen LogP contribution in [0.1, 0.15) is 27.7 Å². The van der Waals surface area contributed by atoms with Crippen LogP contribution in [0.4, 0.5) is 0 Å². The van der Waals surface area contributed by atoms with Crippen LogP contribution in [0.5, 0.6) is 0 Å². The van der Waals surface area contributed by atoms with E-state index in [4.69, 9.17) is 4.74 Å². The van der Waals surface area contributed by atoms with E-state index in [2.05, 4.69) is 12.2 Å². The summed E-state index contributed by atoms with van der Waals surface area (Å²) in [4.78, 5) is 11.5. The molecule has 76 valence electrons. The van der Waals surface area contributed by atoms with Crippen LogP contribution in [0.2, 0.25) is 0 Å². The van der Waals surface area contributed by atoms with Gasteiger partial charge in [-0.1, -0.05) is 0 Å². The Bertz CT molecular complexity index is 200. The lowest BCUT2D eigenvalue weighted by molar-refractivity contribution is -0.156. The molecule has 13 heavy (non-hydrogen) atoms. The first-order chi connectivity index (χ1) is 5.88. The van der Waals surface area contributed by atoms with Crippen molar-refractivity contribution in [3.05, 3.63) is 0 Å². The molecule has 1 rings (SSSR count). The van der Waals surface area contributed by atoms with Crippen LogP contribution in [0.15, 0.2) is 0 Å². The van der Waals surface area contributed by atoms with Crippen molar-refractivity contribution >= 4 is 17.7 Å². The van der Waals surface area contributed by atoms with Crippen LogP contribution in [0.25, 0.3) is 0 Å². The molecule has 0 aromatic carbocycles. The van der Waals surface area contributed by atoms with Crippen LogP contribution >= 0.6 is 11.8 Å². The van der Waals surface area contributed by atoms with Crippen LogP contribution in [-0.2, 0) is 9.53 Å². The number of nitrogens with one attached hydrogen (secondary N) is 1. The molecule has 1 heterocycles. The lowest BCUT2D eigenvalue weighted by atomic mass is 10.2. The van der Waals surface area contributed by atoms with E-state index in [1.165, 1.54) is 0 Å². The van der Waals surface area contributed by atoms with E-state index >= 15 is 0 Å². The third kappa shape index (κ3) is 3.56. The van der Waals surface area contributed by atoms with Crippen molar-refractivity contribution in [1.29, 1.82) is 0 Å². The summed E-state index contributed by atoms with van der Waals surface area (Å²) in [7, 11) is 0. The van der Waals surface area contributed by atoms with Gasteiger partial charge in [0, 0.05) is 5.75 Å². The van der Waals surface area contributed by atoms with E-state index in [-0.39, 0.29) is 17.6 Å². The number of thioether (sulfide) groups is 1. The molecule has 1 N–H and O–H groups in total. The summed E-state index contributed by atoms with van der Waals surface area (Å²) in [5, 5.41) is 3.52. The minimum atomic E-state index is -0.380. The molecule has 0 aromatic rings. The van der Waals surface area contributed by atoms with Crippen LogP contribution < -0.4 is 5.32 Å². The van der Waals surface area contributed by atoms with Gasteiger partial charge in [-0.2, -0.15) is 0 Å². The van der Waals surface area contributed by atoms with Crippen molar-refractivity contribution in [3.8, 4) is 0 Å². The zero-order chi connectivity index (χ0) is 10.1. The largest absolute Gasteiger partial charge is 0.459 e. The predicted octanol–water partition coefficient (Wildman–Crippen LogP) is 1.38. The molecule has 1 saturated heterocycles. The molecule has 0 bridgehead atoms. The van der Waals surface area contributed by atoms with Crippen molar-refractivity contribution in [2.45, 2.75) is 44.7 Å². The maximum atomic E-state index is 11.5. The second-order valence-electron chi connectivity index (χ2n) is 4.23. The Morgan fingerprint density at radius 1 is 1.54 bits per heavy atom. The van der Waals surface area contributed by atoms with Gasteiger partial charge in [-0.25, -0.2) is 0 Å². The predicted molar refractivity (Wildman–Crippen MR) is 54.7 cm³/mol. The Morgan fingerprint density at radius 2 is 2.15 bits per heavy atom. The molecule has 0 aromatic heterocycles. The van der Waals surface area contributed by atoms with E-state index in [9.17, 15) is 4.79 Å². The second kappa shape index (κ2) is 3.88. The summed E-state index contributed by atoms with van der Waals surface area (Å²) in [6.45, 7) is 7.71. The molecule has 0 amide bonds. The van der Waals surface area contributed by atoms with Gasteiger partial charge in [-0.15, -0.1) is 11.8 Å². The van der Waals surface area contributed by atoms with Gasteiger partial charge >= 0.3 is 5.97 Å². The number of hydrogen-bond donors (Lipinski definition) is 1. The molecule has 1 unspecified atom stereocenters. The Balaban J connectivity index is 2.41. The van der Waals surface area contributed by atoms with E-state index in [1.807, 2.05) is 20.8 Å². The number of rotatable bonds is 1. The van der Waals surface area contributed by atoms with Gasteiger partial charge in [0.05, 0.1) is 5.37 Å². The number of ether oxygens (including phenoxy) is 1. The summed E-state index contributed by atoms with van der Waals surface area (Å²) in [5.41, 5.74) is -0.380. The summed E-state index contributed by atoms with van der Waals surface area (Å²) >= 11 is 1.75. The minimum absolute atomic E-state index is 0.126. The molecule has 1 aliphatic heterocycles. The highest BCUT2D eigenvalue weighted by atomic mass is 32.2. The summed E-state index contributed by atoms with van der Waals surface area (Å²) in [6.07, 6.45) is 0. The monoisotopic (exact) mass is 203 g/mol. The number of esters is 1. The van der Waals surface area contributed by atoms with Crippen molar-refractivity contribution in [2.24, 2.45) is 0 Å². The molecule has 2 atom stereocenters. The summed E-state index contributed by atoms with van der Waals surface area (Å²) in [5.74, 6) is 0.681. The fraction of sp³-hybridized carbons (Fsp3) is 0.889. The standard InChI is InChI=1S/C9H17NO2S/c1-6-10-7(5-13-6)8(11)12-9(2,3)4/h6-7,10H,5H2,1-4H3/t6?,7-/m0/s1. The summed E-state index contributed by atoms with van der Waals surface area (Å²) in [6, 6.07) is -0.126. The molecule has 0 saturated carbocycles. The first-order valence-electron chi connectivity index (χ1n) is 4.49. The van der Waals surface area contributed by atoms with Gasteiger partial charge < -0.3 is 4.74 Å². The quantitative estimate of drug-likeness (QED) is 0.653. The number of carbonyl (C=O) groups is 1. The highest BCUT2D eigenvalue weighted by Gasteiger charge is 2.30. The first-order valence-corrected chi connectivity index (χ1v) is 5.54. The normalized spacial score (nSPS) is 28.9. The Morgan fingerprint density at radius 3 is 2.54 bits per heavy atom. The number of carbonyl (C=O) groups excluding carboxylic acids is 1. The zero-order valence-electron chi connectivity index (χ0n) is 8.59. The van der Waals surface area contributed by atoms with E-state index in [0.29, 0.717) is 5.37 Å². The van der Waals surface area contributed by atoms with Crippen molar-refractivity contribution in [2.75, 3.05) is 5.75 Å². The van der Waals surface area contributed by atoms with Gasteiger partial charge in [0.15, 0.2) is 0 Å². The Hall–Kier alpha value is -0.220. The fourth-order valence-electron chi connectivity index (χ4n) is 1.13. The molecule has 0 radical (unpaired) electrons. The SMILES string of the molecule is CC1N[C@H](C(=O)OC(C)(C)C)CS1. The molecule has 0 aliphatic carbocycles. The van der Waals surface area contributed by atoms with E-state index < -0.39 is 0 Å². The number of hydrogen-bond acceptors (Lipinski definition) is 4. The second-order valence-corrected chi connectivity index (χ2v) is 5.60. The van der Waals surface area contributed by atoms with Crippen molar-refractivity contribution in [3.63, 3.8) is 0 Å². The van der Waals surface area contributed by atoms with Crippen molar-refractivity contribution < 1.29 is 9.53 Å². The molecular weight excluding hydrogens is 186 g/mol. The van der Waals surface area contributed by atoms with Crippen LogP contribution in [0.3, 0.4) is 0 Å². The molecular formula is C9H17NO2S. The summed E-state index contributed by atoms with van der Waals surface area (Å²) < 4.78 is 5.26. The van der Waals surface area contributed by atoms with Gasteiger partial charge in [0.2, 0.25) is 0 Å². The average Bonchev–Trinajstić information content (AvgIpc) is 2.31. The van der Waals surface area contributed by atoms with Crippen LogP contribution in [0, 0.1) is 0 Å². The molecule has 3 nitrogen and oxygen atoms in total. The maximum Gasteiger partial charge on any atom is 0.324 e. The smallest absolute Gasteiger partial charge is 0.324 e. The third-order valence-electron chi connectivity index (χ3n) is 1.64. The Labute approximate surface area is 83.6 Å². The average molecular weight is 203 g/mol. The van der Waals surface area contributed by atoms with Gasteiger partial charge in [0.25, 0.3) is 0 Å². The zero-order valence-corrected chi connectivity index (χ0v) is 9.40. The molecule has 4 heteroatoms. The third-order valence-corrected chi connectivity index (χ3v) is 2.80. The lowest BCUT2D eigenvalue weighted by Gasteiger charge is -2.21. The highest BCUT2D eigenvalue weighted by molar-refractivity contribution is 8.00. The fourth-order valence-corrected chi connectivity index (χ4v) is 2.10. The first kappa shape index (κ1) is 10.9. The van der Waals surface area contributed by atoms with E-state index in [1.54, 1.807) is 11.8 Å². The minimum Gasteiger partial charge on any atom is -0.459 e. The topological polar surface area (TPSA) is 38.3 Å². The van der Waals surface area contributed by atoms with Gasteiger partial charge in [-0.05, 0) is 27.7 Å². The molecule has 1 aliphatic rings. The molecule has 1 fully saturated rings. The lowest BCUT2D eigenvalue weighted by Crippen LogP contribution is -2.40. The van der Waals surface area contributed by atoms with Crippen LogP contribution in [-0.4, -0.2) is 28.7 Å². The molecule has 0 spiro atoms. The highest BCUT2D eigenvalue weighted by Crippen LogP contribution is 2.20. The van der Waals surface area contributed by atoms with E-state index in [0.717, 1.165) is 5.75 Å². The maximum absolute atomic E-state index is 11.5. The van der Waals surface area contributed by atoms with Crippen molar-refractivity contribution in [1.82, 2.24) is 5.32 Å². The Kier molecular flexibility index (Phi) is 3.24. The van der Waals surface area contributed by atoms with Gasteiger partial charge in [0.1, 0.15) is 11.6 Å².